The summed E-state index contributed by atoms with van der Waals surface area (Å²) in [4.78, 5) is 16.4. The zero-order chi connectivity index (χ0) is 13.1. The molecule has 1 saturated carbocycles. The summed E-state index contributed by atoms with van der Waals surface area (Å²) in [6, 6.07) is 0.488. The van der Waals surface area contributed by atoms with Crippen molar-refractivity contribution in [1.82, 2.24) is 15.1 Å². The molecule has 0 aromatic carbocycles. The molecule has 18 heavy (non-hydrogen) atoms. The highest BCUT2D eigenvalue weighted by atomic mass is 16.1. The smallest absolute Gasteiger partial charge is 0.221 e. The fourth-order valence-corrected chi connectivity index (χ4v) is 2.53. The number of carbonyl (C=O) groups is 1. The normalized spacial score (nSPS) is 28.1. The largest absolute Gasteiger partial charge is 0.354 e. The lowest BCUT2D eigenvalue weighted by atomic mass is 10.1. The number of carbonyl (C=O) groups excluding carboxylic acids is 1. The Hall–Kier alpha value is -0.650. The van der Waals surface area contributed by atoms with Crippen LogP contribution in [0.1, 0.15) is 19.3 Å². The van der Waals surface area contributed by atoms with Gasteiger partial charge in [-0.3, -0.25) is 9.69 Å². The number of likely N-dealkylation sites (N-methyl/N-ethyl adjacent to an activating group) is 2. The second-order valence-electron chi connectivity index (χ2n) is 5.91. The van der Waals surface area contributed by atoms with Crippen LogP contribution in [0, 0.1) is 5.92 Å². The monoisotopic (exact) mass is 254 g/mol. The number of nitrogens with zero attached hydrogens (tertiary/aromatic N) is 2. The van der Waals surface area contributed by atoms with E-state index in [-0.39, 0.29) is 11.9 Å². The van der Waals surface area contributed by atoms with E-state index in [4.69, 9.17) is 5.73 Å². The number of hydrogen-bond donors (Lipinski definition) is 2. The molecule has 2 unspecified atom stereocenters. The van der Waals surface area contributed by atoms with Crippen molar-refractivity contribution >= 4 is 5.91 Å². The van der Waals surface area contributed by atoms with Gasteiger partial charge < -0.3 is 16.0 Å². The summed E-state index contributed by atoms with van der Waals surface area (Å²) in [5.41, 5.74) is 5.96. The van der Waals surface area contributed by atoms with Crippen molar-refractivity contribution in [3.8, 4) is 0 Å². The molecule has 2 atom stereocenters. The number of hydrogen-bond acceptors (Lipinski definition) is 4. The number of amides is 1. The molecule has 2 rings (SSSR count). The summed E-state index contributed by atoms with van der Waals surface area (Å²) in [5, 5.41) is 3.03. The molecule has 1 aliphatic carbocycles. The average molecular weight is 254 g/mol. The first-order valence-corrected chi connectivity index (χ1v) is 6.97. The van der Waals surface area contributed by atoms with Crippen molar-refractivity contribution in [3.05, 3.63) is 0 Å². The Morgan fingerprint density at radius 3 is 2.78 bits per heavy atom. The Kier molecular flexibility index (Phi) is 4.59. The second-order valence-corrected chi connectivity index (χ2v) is 5.91. The van der Waals surface area contributed by atoms with Crippen LogP contribution in [0.3, 0.4) is 0 Å². The van der Waals surface area contributed by atoms with Gasteiger partial charge in [-0.2, -0.15) is 0 Å². The molecule has 0 aromatic rings. The molecule has 5 nitrogen and oxygen atoms in total. The van der Waals surface area contributed by atoms with Crippen molar-refractivity contribution in [2.75, 3.05) is 40.3 Å². The van der Waals surface area contributed by atoms with Gasteiger partial charge in [0.1, 0.15) is 0 Å². The van der Waals surface area contributed by atoms with Gasteiger partial charge in [0.15, 0.2) is 0 Å². The van der Waals surface area contributed by atoms with Gasteiger partial charge in [-0.15, -0.1) is 0 Å². The summed E-state index contributed by atoms with van der Waals surface area (Å²) in [5.74, 6) is 0.704. The zero-order valence-electron chi connectivity index (χ0n) is 11.6. The minimum atomic E-state index is 0.0664. The van der Waals surface area contributed by atoms with Crippen LogP contribution in [0.5, 0.6) is 0 Å². The van der Waals surface area contributed by atoms with E-state index < -0.39 is 0 Å². The fourth-order valence-electron chi connectivity index (χ4n) is 2.53. The molecule has 104 valence electrons. The maximum atomic E-state index is 11.8. The zero-order valence-corrected chi connectivity index (χ0v) is 11.6. The maximum absolute atomic E-state index is 11.8. The predicted octanol–water partition coefficient (Wildman–Crippen LogP) is -0.524. The Labute approximate surface area is 110 Å². The first kappa shape index (κ1) is 13.8. The van der Waals surface area contributed by atoms with E-state index in [1.54, 1.807) is 0 Å². The molecule has 1 heterocycles. The molecular weight excluding hydrogens is 228 g/mol. The molecule has 3 N–H and O–H groups in total. The molecule has 1 aliphatic heterocycles. The van der Waals surface area contributed by atoms with Crippen LogP contribution in [0.25, 0.3) is 0 Å². The van der Waals surface area contributed by atoms with E-state index in [0.29, 0.717) is 18.4 Å². The predicted molar refractivity (Wildman–Crippen MR) is 72.2 cm³/mol. The van der Waals surface area contributed by atoms with Crippen molar-refractivity contribution in [3.63, 3.8) is 0 Å². The van der Waals surface area contributed by atoms with Crippen LogP contribution in [0.4, 0.5) is 0 Å². The lowest BCUT2D eigenvalue weighted by Crippen LogP contribution is -2.54. The van der Waals surface area contributed by atoms with Crippen molar-refractivity contribution in [2.24, 2.45) is 11.7 Å². The van der Waals surface area contributed by atoms with Crippen LogP contribution in [0.2, 0.25) is 0 Å². The Balaban J connectivity index is 1.67. The van der Waals surface area contributed by atoms with Gasteiger partial charge in [0.2, 0.25) is 5.91 Å². The SMILES string of the molecule is CN1CCN(C)C(CNC(=O)CC(N)C2CC2)C1. The van der Waals surface area contributed by atoms with E-state index in [9.17, 15) is 4.79 Å². The van der Waals surface area contributed by atoms with Gasteiger partial charge in [0.25, 0.3) is 0 Å². The fraction of sp³-hybridized carbons (Fsp3) is 0.923. The van der Waals surface area contributed by atoms with Crippen molar-refractivity contribution in [1.29, 1.82) is 0 Å². The van der Waals surface area contributed by atoms with Crippen molar-refractivity contribution in [2.45, 2.75) is 31.3 Å². The Morgan fingerprint density at radius 1 is 1.39 bits per heavy atom. The van der Waals surface area contributed by atoms with Crippen molar-refractivity contribution < 1.29 is 4.79 Å². The van der Waals surface area contributed by atoms with E-state index in [2.05, 4.69) is 29.2 Å². The summed E-state index contributed by atoms with van der Waals surface area (Å²) < 4.78 is 0. The minimum absolute atomic E-state index is 0.0664. The van der Waals surface area contributed by atoms with Crippen LogP contribution >= 0.6 is 0 Å². The lowest BCUT2D eigenvalue weighted by molar-refractivity contribution is -0.121. The molecule has 0 aromatic heterocycles. The summed E-state index contributed by atoms with van der Waals surface area (Å²) in [6.45, 7) is 3.93. The molecule has 0 radical (unpaired) electrons. The Bertz CT molecular complexity index is 293. The van der Waals surface area contributed by atoms with Gasteiger partial charge in [-0.1, -0.05) is 0 Å². The van der Waals surface area contributed by atoms with Gasteiger partial charge in [-0.05, 0) is 32.9 Å². The Morgan fingerprint density at radius 2 is 2.11 bits per heavy atom. The third kappa shape index (κ3) is 3.93. The van der Waals surface area contributed by atoms with Crippen LogP contribution in [0.15, 0.2) is 0 Å². The van der Waals surface area contributed by atoms with Gasteiger partial charge in [0, 0.05) is 44.7 Å². The molecule has 0 bridgehead atoms. The maximum Gasteiger partial charge on any atom is 0.221 e. The molecular formula is C13H26N4O. The summed E-state index contributed by atoms with van der Waals surface area (Å²) >= 11 is 0. The number of nitrogens with two attached hydrogens (primary N) is 1. The minimum Gasteiger partial charge on any atom is -0.354 e. The molecule has 0 spiro atoms. The van der Waals surface area contributed by atoms with Crippen LogP contribution in [-0.4, -0.2) is 68.1 Å². The summed E-state index contributed by atoms with van der Waals surface area (Å²) in [6.07, 6.45) is 2.88. The van der Waals surface area contributed by atoms with Crippen LogP contribution in [-0.2, 0) is 4.79 Å². The topological polar surface area (TPSA) is 61.6 Å². The number of rotatable bonds is 5. The van der Waals surface area contributed by atoms with E-state index >= 15 is 0 Å². The van der Waals surface area contributed by atoms with Gasteiger partial charge in [0.05, 0.1) is 0 Å². The third-order valence-corrected chi connectivity index (χ3v) is 4.16. The summed E-state index contributed by atoms with van der Waals surface area (Å²) in [7, 11) is 4.25. The third-order valence-electron chi connectivity index (χ3n) is 4.16. The molecule has 5 heteroatoms. The van der Waals surface area contributed by atoms with Gasteiger partial charge >= 0.3 is 0 Å². The first-order chi connectivity index (χ1) is 8.56. The number of piperazine rings is 1. The quantitative estimate of drug-likeness (QED) is 0.693. The molecule has 2 aliphatic rings. The van der Waals surface area contributed by atoms with E-state index in [0.717, 1.165) is 26.2 Å². The highest BCUT2D eigenvalue weighted by molar-refractivity contribution is 5.76. The standard InChI is InChI=1S/C13H26N4O/c1-16-5-6-17(2)11(9-16)8-15-13(18)7-12(14)10-3-4-10/h10-12H,3-9,14H2,1-2H3,(H,15,18). The lowest BCUT2D eigenvalue weighted by Gasteiger charge is -2.37. The number of nitrogens with one attached hydrogen (secondary N) is 1. The molecule has 2 fully saturated rings. The molecule has 1 saturated heterocycles. The van der Waals surface area contributed by atoms with Gasteiger partial charge in [-0.25, -0.2) is 0 Å². The van der Waals surface area contributed by atoms with Crippen LogP contribution < -0.4 is 11.1 Å². The molecule has 1 amide bonds. The average Bonchev–Trinajstić information content (AvgIpc) is 3.14. The second kappa shape index (κ2) is 5.99. The van der Waals surface area contributed by atoms with E-state index in [1.165, 1.54) is 12.8 Å². The first-order valence-electron chi connectivity index (χ1n) is 6.97. The highest BCUT2D eigenvalue weighted by Crippen LogP contribution is 2.32. The van der Waals surface area contributed by atoms with E-state index in [1.807, 2.05) is 0 Å². The highest BCUT2D eigenvalue weighted by Gasteiger charge is 2.30.